The predicted octanol–water partition coefficient (Wildman–Crippen LogP) is 2.23. The first-order chi connectivity index (χ1) is 11.5. The van der Waals surface area contributed by atoms with Crippen LogP contribution in [0.25, 0.3) is 0 Å². The van der Waals surface area contributed by atoms with Gasteiger partial charge in [-0.3, -0.25) is 19.3 Å². The number of hydrogen-bond donors (Lipinski definition) is 2. The summed E-state index contributed by atoms with van der Waals surface area (Å²) < 4.78 is 0. The predicted molar refractivity (Wildman–Crippen MR) is 88.7 cm³/mol. The summed E-state index contributed by atoms with van der Waals surface area (Å²) in [4.78, 5) is 40.6. The van der Waals surface area contributed by atoms with Crippen molar-refractivity contribution in [2.75, 3.05) is 11.1 Å². The molecule has 122 valence electrons. The maximum atomic E-state index is 12.3. The van der Waals surface area contributed by atoms with Crippen molar-refractivity contribution in [3.8, 4) is 5.75 Å². The lowest BCUT2D eigenvalue weighted by molar-refractivity contribution is -0.125. The number of rotatable bonds is 4. The summed E-state index contributed by atoms with van der Waals surface area (Å²) in [6, 6.07) is 9.56. The van der Waals surface area contributed by atoms with Crippen LogP contribution in [0.4, 0.5) is 10.6 Å². The van der Waals surface area contributed by atoms with E-state index in [1.807, 2.05) is 0 Å². The Bertz CT molecular complexity index is 808. The number of thioether (sulfide) groups is 1. The van der Waals surface area contributed by atoms with Gasteiger partial charge in [-0.05, 0) is 29.8 Å². The van der Waals surface area contributed by atoms with E-state index in [0.29, 0.717) is 11.1 Å². The summed E-state index contributed by atoms with van der Waals surface area (Å²) in [6.45, 7) is 0.126. The minimum Gasteiger partial charge on any atom is -0.504 e. The van der Waals surface area contributed by atoms with E-state index in [4.69, 9.17) is 0 Å². The van der Waals surface area contributed by atoms with Crippen LogP contribution in [-0.2, 0) is 11.3 Å². The van der Waals surface area contributed by atoms with E-state index >= 15 is 0 Å². The average Bonchev–Trinajstić information content (AvgIpc) is 2.89. The molecule has 0 radical (unpaired) electrons. The molecule has 0 bridgehead atoms. The Morgan fingerprint density at radius 1 is 1.29 bits per heavy atom. The maximum absolute atomic E-state index is 12.3. The fraction of sp³-hybridized carbons (Fsp3) is 0.125. The number of amides is 3. The molecule has 3 amide bonds. The molecule has 0 atom stereocenters. The average molecular weight is 343 g/mol. The van der Waals surface area contributed by atoms with Gasteiger partial charge in [0.1, 0.15) is 0 Å². The summed E-state index contributed by atoms with van der Waals surface area (Å²) in [7, 11) is 0. The van der Waals surface area contributed by atoms with Crippen LogP contribution in [0.3, 0.4) is 0 Å². The fourth-order valence-corrected chi connectivity index (χ4v) is 2.93. The zero-order chi connectivity index (χ0) is 17.1. The van der Waals surface area contributed by atoms with Crippen molar-refractivity contribution < 1.29 is 19.5 Å². The number of imide groups is 1. The van der Waals surface area contributed by atoms with Gasteiger partial charge < -0.3 is 10.4 Å². The highest BCUT2D eigenvalue weighted by atomic mass is 32.2. The molecule has 3 rings (SSSR count). The topological polar surface area (TPSA) is 99.6 Å². The lowest BCUT2D eigenvalue weighted by atomic mass is 10.1. The highest BCUT2D eigenvalue weighted by Crippen LogP contribution is 2.22. The normalized spacial score (nSPS) is 14.1. The molecule has 8 heteroatoms. The summed E-state index contributed by atoms with van der Waals surface area (Å²) in [5, 5.41) is 11.9. The van der Waals surface area contributed by atoms with Gasteiger partial charge in [0.05, 0.1) is 12.3 Å². The Hall–Kier alpha value is -2.87. The highest BCUT2D eigenvalue weighted by Gasteiger charge is 2.29. The third-order valence-corrected chi connectivity index (χ3v) is 4.25. The molecule has 1 fully saturated rings. The summed E-state index contributed by atoms with van der Waals surface area (Å²) in [5.74, 6) is -0.600. The van der Waals surface area contributed by atoms with E-state index in [0.717, 1.165) is 16.7 Å². The second-order valence-electron chi connectivity index (χ2n) is 5.06. The second kappa shape index (κ2) is 6.71. The van der Waals surface area contributed by atoms with Crippen molar-refractivity contribution in [3.05, 3.63) is 53.7 Å². The molecule has 1 aromatic heterocycles. The third-order valence-electron chi connectivity index (χ3n) is 3.39. The van der Waals surface area contributed by atoms with Crippen LogP contribution in [0.5, 0.6) is 5.75 Å². The first-order valence-electron chi connectivity index (χ1n) is 7.06. The number of pyridine rings is 1. The fourth-order valence-electron chi connectivity index (χ4n) is 2.20. The van der Waals surface area contributed by atoms with Crippen molar-refractivity contribution in [3.63, 3.8) is 0 Å². The highest BCUT2D eigenvalue weighted by molar-refractivity contribution is 8.14. The molecule has 24 heavy (non-hydrogen) atoms. The number of benzene rings is 1. The molecule has 1 aliphatic rings. The van der Waals surface area contributed by atoms with Crippen LogP contribution < -0.4 is 5.32 Å². The number of anilines is 1. The van der Waals surface area contributed by atoms with Gasteiger partial charge in [0.25, 0.3) is 11.1 Å². The molecule has 0 unspecified atom stereocenters. The summed E-state index contributed by atoms with van der Waals surface area (Å²) in [5.41, 5.74) is 1.00. The van der Waals surface area contributed by atoms with Gasteiger partial charge in [0.2, 0.25) is 5.91 Å². The van der Waals surface area contributed by atoms with Crippen molar-refractivity contribution in [1.82, 2.24) is 9.88 Å². The number of carbonyl (C=O) groups excluding carboxylic acids is 3. The molecule has 0 saturated carbocycles. The Morgan fingerprint density at radius 3 is 2.83 bits per heavy atom. The summed E-state index contributed by atoms with van der Waals surface area (Å²) >= 11 is 0.969. The van der Waals surface area contributed by atoms with E-state index in [9.17, 15) is 19.5 Å². The molecule has 1 aliphatic heterocycles. The minimum absolute atomic E-state index is 0.0641. The number of nitrogens with one attached hydrogen (secondary N) is 1. The van der Waals surface area contributed by atoms with Gasteiger partial charge in [-0.25, -0.2) is 4.98 Å². The molecular formula is C16H13N3O4S. The van der Waals surface area contributed by atoms with Crippen molar-refractivity contribution in [2.45, 2.75) is 6.54 Å². The SMILES string of the molecule is O=C(Nc1ncccc1O)c1cccc(CN2C(=O)CSC2=O)c1. The number of carbonyl (C=O) groups is 3. The molecule has 2 aromatic rings. The van der Waals surface area contributed by atoms with Crippen LogP contribution in [0, 0.1) is 0 Å². The molecule has 0 spiro atoms. The van der Waals surface area contributed by atoms with Crippen molar-refractivity contribution >= 4 is 34.6 Å². The molecule has 2 N–H and O–H groups in total. The number of aromatic hydroxyl groups is 1. The van der Waals surface area contributed by atoms with E-state index in [2.05, 4.69) is 10.3 Å². The smallest absolute Gasteiger partial charge is 0.289 e. The standard InChI is InChI=1S/C16H13N3O4S/c20-12-5-2-6-17-14(12)18-15(22)11-4-1-3-10(7-11)8-19-13(21)9-24-16(19)23/h1-7,20H,8-9H2,(H,17,18,22). The molecule has 1 saturated heterocycles. The Morgan fingerprint density at radius 2 is 2.12 bits per heavy atom. The molecular weight excluding hydrogens is 330 g/mol. The first kappa shape index (κ1) is 16.0. The lowest BCUT2D eigenvalue weighted by Gasteiger charge is -2.13. The van der Waals surface area contributed by atoms with Crippen LogP contribution in [0.15, 0.2) is 42.6 Å². The molecule has 7 nitrogen and oxygen atoms in total. The van der Waals surface area contributed by atoms with E-state index < -0.39 is 5.91 Å². The quantitative estimate of drug-likeness (QED) is 0.883. The van der Waals surface area contributed by atoms with Gasteiger partial charge >= 0.3 is 0 Å². The van der Waals surface area contributed by atoms with Crippen molar-refractivity contribution in [2.24, 2.45) is 0 Å². The lowest BCUT2D eigenvalue weighted by Crippen LogP contribution is -2.28. The number of hydrogen-bond acceptors (Lipinski definition) is 6. The molecule has 2 heterocycles. The van der Waals surface area contributed by atoms with Gasteiger partial charge in [-0.15, -0.1) is 0 Å². The number of nitrogens with zero attached hydrogens (tertiary/aromatic N) is 2. The number of aromatic nitrogens is 1. The second-order valence-corrected chi connectivity index (χ2v) is 5.99. The zero-order valence-electron chi connectivity index (χ0n) is 12.4. The summed E-state index contributed by atoms with van der Waals surface area (Å²) in [6.07, 6.45) is 1.45. The van der Waals surface area contributed by atoms with Gasteiger partial charge in [0.15, 0.2) is 11.6 Å². The van der Waals surface area contributed by atoms with Gasteiger partial charge in [0, 0.05) is 11.8 Å². The minimum atomic E-state index is -0.445. The largest absolute Gasteiger partial charge is 0.504 e. The van der Waals surface area contributed by atoms with E-state index in [-0.39, 0.29) is 35.0 Å². The van der Waals surface area contributed by atoms with Crippen molar-refractivity contribution in [1.29, 1.82) is 0 Å². The van der Waals surface area contributed by atoms with Crippen LogP contribution in [0.1, 0.15) is 15.9 Å². The van der Waals surface area contributed by atoms with Crippen LogP contribution in [-0.4, -0.2) is 37.8 Å². The molecule has 0 aliphatic carbocycles. The Labute approximate surface area is 141 Å². The maximum Gasteiger partial charge on any atom is 0.289 e. The van der Waals surface area contributed by atoms with Crippen LogP contribution >= 0.6 is 11.8 Å². The first-order valence-corrected chi connectivity index (χ1v) is 8.04. The van der Waals surface area contributed by atoms with Crippen LogP contribution in [0.2, 0.25) is 0 Å². The van der Waals surface area contributed by atoms with E-state index in [1.165, 1.54) is 12.3 Å². The zero-order valence-corrected chi connectivity index (χ0v) is 13.2. The monoisotopic (exact) mass is 343 g/mol. The van der Waals surface area contributed by atoms with E-state index in [1.54, 1.807) is 30.3 Å². The Balaban J connectivity index is 1.75. The van der Waals surface area contributed by atoms with Gasteiger partial charge in [-0.1, -0.05) is 23.9 Å². The van der Waals surface area contributed by atoms with Gasteiger partial charge in [-0.2, -0.15) is 0 Å². The molecule has 1 aromatic carbocycles. The Kier molecular flexibility index (Phi) is 4.48. The third kappa shape index (κ3) is 3.38.